The second-order valence-corrected chi connectivity index (χ2v) is 7.17. The summed E-state index contributed by atoms with van der Waals surface area (Å²) in [6, 6.07) is 11.0. The van der Waals surface area contributed by atoms with Crippen LogP contribution < -0.4 is 0 Å². The smallest absolute Gasteiger partial charge is 0.196 e. The molecule has 1 fully saturated rings. The Bertz CT molecular complexity index is 891. The Labute approximate surface area is 140 Å². The number of thiophene rings is 1. The van der Waals surface area contributed by atoms with Gasteiger partial charge in [0, 0.05) is 10.9 Å². The monoisotopic (exact) mass is 342 g/mol. The molecule has 2 aromatic heterocycles. The van der Waals surface area contributed by atoms with Crippen LogP contribution in [0.3, 0.4) is 0 Å². The average molecular weight is 342 g/mol. The van der Waals surface area contributed by atoms with Crippen LogP contribution in [0.4, 0.5) is 4.39 Å². The number of hydrogen-bond acceptors (Lipinski definition) is 5. The number of nitrogens with zero attached hydrogens (tertiary/aromatic N) is 4. The number of rotatable bonds is 4. The van der Waals surface area contributed by atoms with E-state index in [4.69, 9.17) is 0 Å². The molecule has 1 aliphatic carbocycles. The first-order chi connectivity index (χ1) is 11.3. The van der Waals surface area contributed by atoms with Crippen molar-refractivity contribution in [3.8, 4) is 16.8 Å². The molecule has 0 saturated heterocycles. The van der Waals surface area contributed by atoms with E-state index < -0.39 is 5.82 Å². The van der Waals surface area contributed by atoms with Crippen LogP contribution in [0, 0.1) is 17.1 Å². The molecule has 0 N–H and O–H groups in total. The fourth-order valence-corrected chi connectivity index (χ4v) is 4.09. The van der Waals surface area contributed by atoms with Gasteiger partial charge in [-0.15, -0.1) is 21.5 Å². The van der Waals surface area contributed by atoms with Gasteiger partial charge in [0.2, 0.25) is 0 Å². The second kappa shape index (κ2) is 5.80. The number of nitriles is 1. The van der Waals surface area contributed by atoms with Gasteiger partial charge in [0.25, 0.3) is 0 Å². The third-order valence-electron chi connectivity index (χ3n) is 3.61. The highest BCUT2D eigenvalue weighted by Gasteiger charge is 2.31. The largest absolute Gasteiger partial charge is 0.298 e. The zero-order valence-electron chi connectivity index (χ0n) is 11.9. The zero-order valence-corrected chi connectivity index (χ0v) is 13.6. The van der Waals surface area contributed by atoms with Crippen molar-refractivity contribution in [1.29, 1.82) is 5.26 Å². The lowest BCUT2D eigenvalue weighted by molar-refractivity contribution is 0.619. The van der Waals surface area contributed by atoms with Gasteiger partial charge >= 0.3 is 0 Å². The molecule has 2 heterocycles. The maximum atomic E-state index is 13.8. The molecular formula is C16H11FN4S2. The van der Waals surface area contributed by atoms with Crippen molar-refractivity contribution in [2.24, 2.45) is 0 Å². The lowest BCUT2D eigenvalue weighted by Crippen LogP contribution is -1.99. The molecule has 114 valence electrons. The van der Waals surface area contributed by atoms with Gasteiger partial charge in [0.1, 0.15) is 17.4 Å². The SMILES string of the molecule is N#Cc1c(F)cccc1Sc1nnc(-c2cccs2)n1C1CC1. The summed E-state index contributed by atoms with van der Waals surface area (Å²) >= 11 is 2.92. The number of hydrogen-bond donors (Lipinski definition) is 0. The summed E-state index contributed by atoms with van der Waals surface area (Å²) in [6.45, 7) is 0. The second-order valence-electron chi connectivity index (χ2n) is 5.21. The summed E-state index contributed by atoms with van der Waals surface area (Å²) in [5.41, 5.74) is 0.0560. The summed E-state index contributed by atoms with van der Waals surface area (Å²) in [7, 11) is 0. The van der Waals surface area contributed by atoms with Crippen LogP contribution >= 0.6 is 23.1 Å². The molecule has 4 rings (SSSR count). The van der Waals surface area contributed by atoms with Gasteiger partial charge in [0.05, 0.1) is 4.88 Å². The topological polar surface area (TPSA) is 54.5 Å². The van der Waals surface area contributed by atoms with Gasteiger partial charge < -0.3 is 0 Å². The van der Waals surface area contributed by atoms with E-state index in [2.05, 4.69) is 14.8 Å². The Morgan fingerprint density at radius 2 is 2.13 bits per heavy atom. The minimum atomic E-state index is -0.506. The molecule has 0 amide bonds. The fourth-order valence-electron chi connectivity index (χ4n) is 2.38. The van der Waals surface area contributed by atoms with Crippen molar-refractivity contribution in [2.75, 3.05) is 0 Å². The van der Waals surface area contributed by atoms with E-state index >= 15 is 0 Å². The molecule has 3 aromatic rings. The normalized spacial score (nSPS) is 13.9. The molecule has 4 nitrogen and oxygen atoms in total. The first-order valence-electron chi connectivity index (χ1n) is 7.13. The highest BCUT2D eigenvalue weighted by atomic mass is 32.2. The fraction of sp³-hybridized carbons (Fsp3) is 0.188. The average Bonchev–Trinajstić information content (AvgIpc) is 3.08. The third kappa shape index (κ3) is 2.64. The van der Waals surface area contributed by atoms with Crippen molar-refractivity contribution in [1.82, 2.24) is 14.8 Å². The van der Waals surface area contributed by atoms with Crippen molar-refractivity contribution in [3.05, 3.63) is 47.1 Å². The van der Waals surface area contributed by atoms with Crippen LogP contribution in [0.1, 0.15) is 24.4 Å². The summed E-state index contributed by atoms with van der Waals surface area (Å²) in [6.07, 6.45) is 2.19. The molecule has 0 unspecified atom stereocenters. The van der Waals surface area contributed by atoms with E-state index in [1.807, 2.05) is 23.6 Å². The van der Waals surface area contributed by atoms with Gasteiger partial charge in [-0.1, -0.05) is 12.1 Å². The molecule has 0 bridgehead atoms. The maximum absolute atomic E-state index is 13.8. The van der Waals surface area contributed by atoms with Gasteiger partial charge in [0.15, 0.2) is 11.0 Å². The highest BCUT2D eigenvalue weighted by molar-refractivity contribution is 7.99. The first kappa shape index (κ1) is 14.4. The van der Waals surface area contributed by atoms with Crippen molar-refractivity contribution in [3.63, 3.8) is 0 Å². The summed E-state index contributed by atoms with van der Waals surface area (Å²) < 4.78 is 15.9. The first-order valence-corrected chi connectivity index (χ1v) is 8.83. The Balaban J connectivity index is 1.76. The molecule has 0 spiro atoms. The quantitative estimate of drug-likeness (QED) is 0.700. The van der Waals surface area contributed by atoms with Gasteiger partial charge in [-0.2, -0.15) is 5.26 Å². The Hall–Kier alpha value is -2.17. The lowest BCUT2D eigenvalue weighted by atomic mass is 10.2. The van der Waals surface area contributed by atoms with Crippen molar-refractivity contribution >= 4 is 23.1 Å². The Morgan fingerprint density at radius 3 is 2.83 bits per heavy atom. The van der Waals surface area contributed by atoms with Crippen molar-refractivity contribution < 1.29 is 4.39 Å². The predicted octanol–water partition coefficient (Wildman–Crippen LogP) is 4.50. The minimum Gasteiger partial charge on any atom is -0.298 e. The van der Waals surface area contributed by atoms with Crippen LogP contribution in [0.5, 0.6) is 0 Å². The minimum absolute atomic E-state index is 0.0560. The van der Waals surface area contributed by atoms with Crippen LogP contribution in [0.2, 0.25) is 0 Å². The molecule has 1 aliphatic rings. The predicted molar refractivity (Wildman–Crippen MR) is 86.8 cm³/mol. The van der Waals surface area contributed by atoms with E-state index in [-0.39, 0.29) is 5.56 Å². The number of benzene rings is 1. The number of halogens is 1. The third-order valence-corrected chi connectivity index (χ3v) is 5.49. The van der Waals surface area contributed by atoms with E-state index in [0.717, 1.165) is 23.5 Å². The summed E-state index contributed by atoms with van der Waals surface area (Å²) in [5, 5.41) is 20.5. The Kier molecular flexibility index (Phi) is 3.63. The van der Waals surface area contributed by atoms with E-state index in [9.17, 15) is 9.65 Å². The van der Waals surface area contributed by atoms with E-state index in [1.54, 1.807) is 23.5 Å². The lowest BCUT2D eigenvalue weighted by Gasteiger charge is -2.08. The zero-order chi connectivity index (χ0) is 15.8. The molecule has 7 heteroatoms. The molecular weight excluding hydrogens is 331 g/mol. The van der Waals surface area contributed by atoms with Gasteiger partial charge in [-0.25, -0.2) is 4.39 Å². The maximum Gasteiger partial charge on any atom is 0.196 e. The molecule has 0 atom stereocenters. The summed E-state index contributed by atoms with van der Waals surface area (Å²) in [5.74, 6) is 0.341. The Morgan fingerprint density at radius 1 is 1.26 bits per heavy atom. The van der Waals surface area contributed by atoms with Crippen LogP contribution in [-0.4, -0.2) is 14.8 Å². The van der Waals surface area contributed by atoms with E-state index in [0.29, 0.717) is 16.1 Å². The standard InChI is InChI=1S/C16H11FN4S2/c17-12-3-1-4-13(11(12)9-18)23-16-20-19-15(14-5-2-8-22-14)21(16)10-6-7-10/h1-5,8,10H,6-7H2. The molecule has 0 radical (unpaired) electrons. The molecule has 1 aromatic carbocycles. The van der Waals surface area contributed by atoms with Gasteiger partial charge in [-0.3, -0.25) is 4.57 Å². The van der Waals surface area contributed by atoms with Crippen molar-refractivity contribution in [2.45, 2.75) is 28.9 Å². The molecule has 23 heavy (non-hydrogen) atoms. The number of aromatic nitrogens is 3. The van der Waals surface area contributed by atoms with Crippen LogP contribution in [0.25, 0.3) is 10.7 Å². The highest BCUT2D eigenvalue weighted by Crippen LogP contribution is 2.43. The van der Waals surface area contributed by atoms with Crippen LogP contribution in [0.15, 0.2) is 45.8 Å². The van der Waals surface area contributed by atoms with Gasteiger partial charge in [-0.05, 0) is 48.2 Å². The summed E-state index contributed by atoms with van der Waals surface area (Å²) in [4.78, 5) is 1.63. The molecule has 0 aliphatic heterocycles. The molecule has 1 saturated carbocycles. The van der Waals surface area contributed by atoms with Crippen LogP contribution in [-0.2, 0) is 0 Å². The van der Waals surface area contributed by atoms with E-state index in [1.165, 1.54) is 17.8 Å².